The third-order valence-corrected chi connectivity index (χ3v) is 3.06. The second-order valence-electron chi connectivity index (χ2n) is 4.65. The van der Waals surface area contributed by atoms with Crippen LogP contribution < -0.4 is 4.74 Å². The van der Waals surface area contributed by atoms with E-state index in [0.29, 0.717) is 0 Å². The average molecular weight is 241 g/mol. The molecular weight excluding hydrogens is 224 g/mol. The lowest BCUT2D eigenvalue weighted by atomic mass is 10.2. The Balaban J connectivity index is 1.89. The molecule has 2 nitrogen and oxygen atoms in total. The van der Waals surface area contributed by atoms with Gasteiger partial charge in [0.1, 0.15) is 5.75 Å². The van der Waals surface area contributed by atoms with E-state index in [9.17, 15) is 8.78 Å². The summed E-state index contributed by atoms with van der Waals surface area (Å²) in [5, 5.41) is 0. The van der Waals surface area contributed by atoms with Gasteiger partial charge in [-0.3, -0.25) is 4.90 Å². The van der Waals surface area contributed by atoms with E-state index in [1.54, 1.807) is 12.1 Å². The van der Waals surface area contributed by atoms with Crippen LogP contribution in [0.3, 0.4) is 0 Å². The summed E-state index contributed by atoms with van der Waals surface area (Å²) in [4.78, 5) is 2.38. The van der Waals surface area contributed by atoms with Gasteiger partial charge in [0.25, 0.3) is 0 Å². The zero-order valence-corrected chi connectivity index (χ0v) is 9.90. The summed E-state index contributed by atoms with van der Waals surface area (Å²) in [6.45, 7) is 2.63. The molecule has 0 amide bonds. The molecule has 0 unspecified atom stereocenters. The lowest BCUT2D eigenvalue weighted by Crippen LogP contribution is -2.19. The van der Waals surface area contributed by atoms with Gasteiger partial charge in [-0.1, -0.05) is 19.1 Å². The van der Waals surface area contributed by atoms with Gasteiger partial charge in [-0.2, -0.15) is 8.78 Å². The van der Waals surface area contributed by atoms with E-state index in [4.69, 9.17) is 0 Å². The van der Waals surface area contributed by atoms with Crippen LogP contribution in [0.1, 0.15) is 18.9 Å². The van der Waals surface area contributed by atoms with Gasteiger partial charge in [0, 0.05) is 13.1 Å². The Kier molecular flexibility index (Phi) is 3.94. The fourth-order valence-corrected chi connectivity index (χ4v) is 2.20. The van der Waals surface area contributed by atoms with Gasteiger partial charge in [-0.05, 0) is 36.6 Å². The molecule has 0 spiro atoms. The normalized spacial score (nSPS) is 21.1. The van der Waals surface area contributed by atoms with Crippen LogP contribution in [0.25, 0.3) is 0 Å². The molecule has 1 heterocycles. The molecule has 1 aromatic carbocycles. The van der Waals surface area contributed by atoms with Crippen molar-refractivity contribution in [3.63, 3.8) is 0 Å². The molecule has 17 heavy (non-hydrogen) atoms. The third-order valence-electron chi connectivity index (χ3n) is 3.06. The number of benzene rings is 1. The van der Waals surface area contributed by atoms with Crippen LogP contribution in [0.4, 0.5) is 8.78 Å². The zero-order valence-electron chi connectivity index (χ0n) is 9.90. The molecule has 1 saturated heterocycles. The Hall–Kier alpha value is -1.16. The van der Waals surface area contributed by atoms with Gasteiger partial charge in [0.05, 0.1) is 0 Å². The van der Waals surface area contributed by atoms with Gasteiger partial charge < -0.3 is 4.74 Å². The van der Waals surface area contributed by atoms with Crippen LogP contribution in [-0.2, 0) is 6.54 Å². The molecule has 4 heteroatoms. The molecule has 0 aromatic heterocycles. The van der Waals surface area contributed by atoms with Gasteiger partial charge in [0.2, 0.25) is 0 Å². The van der Waals surface area contributed by atoms with Crippen molar-refractivity contribution in [3.8, 4) is 5.75 Å². The van der Waals surface area contributed by atoms with E-state index in [-0.39, 0.29) is 5.75 Å². The Labute approximate surface area is 100 Å². The van der Waals surface area contributed by atoms with Gasteiger partial charge in [0.15, 0.2) is 0 Å². The molecule has 94 valence electrons. The third kappa shape index (κ3) is 3.66. The van der Waals surface area contributed by atoms with Crippen molar-refractivity contribution in [1.29, 1.82) is 0 Å². The summed E-state index contributed by atoms with van der Waals surface area (Å²) in [6.07, 6.45) is 1.24. The van der Waals surface area contributed by atoms with E-state index >= 15 is 0 Å². The largest absolute Gasteiger partial charge is 0.435 e. The highest BCUT2D eigenvalue weighted by Crippen LogP contribution is 2.20. The maximum atomic E-state index is 12.0. The molecule has 2 rings (SSSR count). The van der Waals surface area contributed by atoms with Crippen molar-refractivity contribution in [1.82, 2.24) is 4.90 Å². The molecule has 1 aliphatic rings. The maximum Gasteiger partial charge on any atom is 0.387 e. The first-order valence-electron chi connectivity index (χ1n) is 5.89. The first-order chi connectivity index (χ1) is 8.13. The number of likely N-dealkylation sites (tertiary alicyclic amines) is 1. The number of alkyl halides is 2. The summed E-state index contributed by atoms with van der Waals surface area (Å²) in [5.41, 5.74) is 1.14. The summed E-state index contributed by atoms with van der Waals surface area (Å²) in [5.74, 6) is 0.981. The van der Waals surface area contributed by atoms with Crippen LogP contribution in [0, 0.1) is 5.92 Å². The molecule has 0 N–H and O–H groups in total. The summed E-state index contributed by atoms with van der Waals surface area (Å²) >= 11 is 0. The molecule has 0 saturated carbocycles. The Bertz CT molecular complexity index is 353. The van der Waals surface area contributed by atoms with Crippen molar-refractivity contribution in [3.05, 3.63) is 29.8 Å². The van der Waals surface area contributed by atoms with E-state index in [0.717, 1.165) is 31.1 Å². The highest BCUT2D eigenvalue weighted by molar-refractivity contribution is 5.27. The number of nitrogens with zero attached hydrogens (tertiary/aromatic N) is 1. The predicted octanol–water partition coefficient (Wildman–Crippen LogP) is 3.13. The van der Waals surface area contributed by atoms with Crippen LogP contribution in [0.2, 0.25) is 0 Å². The first kappa shape index (κ1) is 12.3. The van der Waals surface area contributed by atoms with E-state index in [1.807, 2.05) is 12.1 Å². The average Bonchev–Trinajstić information content (AvgIpc) is 2.66. The van der Waals surface area contributed by atoms with Crippen LogP contribution in [0.15, 0.2) is 24.3 Å². The highest BCUT2D eigenvalue weighted by atomic mass is 19.3. The van der Waals surface area contributed by atoms with Gasteiger partial charge in [-0.25, -0.2) is 0 Å². The molecule has 1 atom stereocenters. The van der Waals surface area contributed by atoms with E-state index in [2.05, 4.69) is 16.6 Å². The topological polar surface area (TPSA) is 12.5 Å². The van der Waals surface area contributed by atoms with Gasteiger partial charge >= 0.3 is 6.61 Å². The smallest absolute Gasteiger partial charge is 0.387 e. The fraction of sp³-hybridized carbons (Fsp3) is 0.538. The highest BCUT2D eigenvalue weighted by Gasteiger charge is 2.18. The molecule has 0 bridgehead atoms. The van der Waals surface area contributed by atoms with Crippen molar-refractivity contribution >= 4 is 0 Å². The number of ether oxygens (including phenoxy) is 1. The number of halogens is 2. The van der Waals surface area contributed by atoms with Crippen molar-refractivity contribution in [2.24, 2.45) is 5.92 Å². The number of hydrogen-bond donors (Lipinski definition) is 0. The Morgan fingerprint density at radius 2 is 2.06 bits per heavy atom. The standard InChI is InChI=1S/C13H17F2NO/c1-10-6-7-16(8-10)9-11-2-4-12(5-3-11)17-13(14)15/h2-5,10,13H,6-9H2,1H3/t10-/m0/s1. The monoisotopic (exact) mass is 241 g/mol. The minimum Gasteiger partial charge on any atom is -0.435 e. The number of rotatable bonds is 4. The Morgan fingerprint density at radius 1 is 1.35 bits per heavy atom. The molecule has 1 fully saturated rings. The SMILES string of the molecule is C[C@H]1CCN(Cc2ccc(OC(F)F)cc2)C1. The summed E-state index contributed by atoms with van der Waals surface area (Å²) in [6, 6.07) is 6.89. The van der Waals surface area contributed by atoms with Crippen LogP contribution in [0.5, 0.6) is 5.75 Å². The lowest BCUT2D eigenvalue weighted by molar-refractivity contribution is -0.0498. The van der Waals surface area contributed by atoms with E-state index < -0.39 is 6.61 Å². The Morgan fingerprint density at radius 3 is 2.59 bits per heavy atom. The molecule has 1 aromatic rings. The van der Waals surface area contributed by atoms with Crippen LogP contribution in [-0.4, -0.2) is 24.6 Å². The second-order valence-corrected chi connectivity index (χ2v) is 4.65. The van der Waals surface area contributed by atoms with Crippen molar-refractivity contribution in [2.45, 2.75) is 26.5 Å². The molecular formula is C13H17F2NO. The zero-order chi connectivity index (χ0) is 12.3. The fourth-order valence-electron chi connectivity index (χ4n) is 2.20. The predicted molar refractivity (Wildman–Crippen MR) is 62.1 cm³/mol. The lowest BCUT2D eigenvalue weighted by Gasteiger charge is -2.15. The summed E-state index contributed by atoms with van der Waals surface area (Å²) in [7, 11) is 0. The maximum absolute atomic E-state index is 12.0. The summed E-state index contributed by atoms with van der Waals surface area (Å²) < 4.78 is 28.2. The van der Waals surface area contributed by atoms with Gasteiger partial charge in [-0.15, -0.1) is 0 Å². The quantitative estimate of drug-likeness (QED) is 0.803. The molecule has 0 radical (unpaired) electrons. The number of hydrogen-bond acceptors (Lipinski definition) is 2. The van der Waals surface area contributed by atoms with Crippen molar-refractivity contribution in [2.75, 3.05) is 13.1 Å². The minimum absolute atomic E-state index is 0.221. The second kappa shape index (κ2) is 5.45. The van der Waals surface area contributed by atoms with Crippen LogP contribution >= 0.6 is 0 Å². The molecule has 1 aliphatic heterocycles. The minimum atomic E-state index is -2.75. The van der Waals surface area contributed by atoms with Crippen molar-refractivity contribution < 1.29 is 13.5 Å². The van der Waals surface area contributed by atoms with E-state index in [1.165, 1.54) is 6.42 Å². The first-order valence-corrected chi connectivity index (χ1v) is 5.89. The molecule has 0 aliphatic carbocycles.